The van der Waals surface area contributed by atoms with Crippen LogP contribution in [0.1, 0.15) is 40.9 Å². The fourth-order valence-corrected chi connectivity index (χ4v) is 2.96. The first-order valence-electron chi connectivity index (χ1n) is 8.27. The number of nitrogens with one attached hydrogen (secondary N) is 1. The molecule has 2 aromatic rings. The van der Waals surface area contributed by atoms with Gasteiger partial charge in [0.1, 0.15) is 0 Å². The Balaban J connectivity index is 1.94. The van der Waals surface area contributed by atoms with Crippen LogP contribution >= 0.6 is 0 Å². The fourth-order valence-electron chi connectivity index (χ4n) is 2.96. The lowest BCUT2D eigenvalue weighted by Crippen LogP contribution is -2.38. The molecule has 0 aliphatic carbocycles. The number of rotatable bonds is 4. The summed E-state index contributed by atoms with van der Waals surface area (Å²) in [5, 5.41) is 2.72. The molecule has 0 radical (unpaired) electrons. The molecule has 1 aliphatic heterocycles. The molecule has 6 nitrogen and oxygen atoms in total. The van der Waals surface area contributed by atoms with Crippen molar-refractivity contribution in [1.29, 1.82) is 0 Å². The van der Waals surface area contributed by atoms with E-state index in [4.69, 9.17) is 0 Å². The SMILES string of the molecule is C=CCNC(=O)c1nc(C(=O)N2CCC(C)CC2)n2ccccc12. The van der Waals surface area contributed by atoms with Gasteiger partial charge in [0.15, 0.2) is 5.69 Å². The highest BCUT2D eigenvalue weighted by atomic mass is 16.2. The predicted molar refractivity (Wildman–Crippen MR) is 92.0 cm³/mol. The third kappa shape index (κ3) is 3.04. The number of fused-ring (bicyclic) bond motifs is 1. The summed E-state index contributed by atoms with van der Waals surface area (Å²) in [5.74, 6) is 0.519. The average molecular weight is 326 g/mol. The van der Waals surface area contributed by atoms with Gasteiger partial charge < -0.3 is 10.2 Å². The van der Waals surface area contributed by atoms with Crippen LogP contribution in [0.25, 0.3) is 5.52 Å². The molecule has 1 saturated heterocycles. The quantitative estimate of drug-likeness (QED) is 0.875. The number of carbonyl (C=O) groups is 2. The lowest BCUT2D eigenvalue weighted by Gasteiger charge is -2.29. The molecular formula is C18H22N4O2. The van der Waals surface area contributed by atoms with Gasteiger partial charge in [-0.3, -0.25) is 14.0 Å². The highest BCUT2D eigenvalue weighted by molar-refractivity contribution is 6.02. The summed E-state index contributed by atoms with van der Waals surface area (Å²) in [7, 11) is 0. The Labute approximate surface area is 141 Å². The molecule has 2 aromatic heterocycles. The van der Waals surface area contributed by atoms with E-state index in [9.17, 15) is 9.59 Å². The van der Waals surface area contributed by atoms with Crippen molar-refractivity contribution in [2.75, 3.05) is 19.6 Å². The molecule has 1 fully saturated rings. The number of likely N-dealkylation sites (tertiary alicyclic amines) is 1. The minimum absolute atomic E-state index is 0.120. The summed E-state index contributed by atoms with van der Waals surface area (Å²) in [6.07, 6.45) is 5.38. The minimum Gasteiger partial charge on any atom is -0.347 e. The molecule has 0 saturated carbocycles. The Morgan fingerprint density at radius 3 is 2.83 bits per heavy atom. The van der Waals surface area contributed by atoms with E-state index in [1.807, 2.05) is 17.0 Å². The van der Waals surface area contributed by atoms with E-state index in [2.05, 4.69) is 23.8 Å². The summed E-state index contributed by atoms with van der Waals surface area (Å²) in [6, 6.07) is 5.46. The molecule has 0 bridgehead atoms. The third-order valence-electron chi connectivity index (χ3n) is 4.43. The molecule has 3 rings (SSSR count). The van der Waals surface area contributed by atoms with Crippen molar-refractivity contribution in [1.82, 2.24) is 19.6 Å². The van der Waals surface area contributed by atoms with Crippen molar-refractivity contribution < 1.29 is 9.59 Å². The van der Waals surface area contributed by atoms with E-state index < -0.39 is 0 Å². The summed E-state index contributed by atoms with van der Waals surface area (Å²) in [4.78, 5) is 31.4. The number of piperidine rings is 1. The third-order valence-corrected chi connectivity index (χ3v) is 4.43. The molecule has 1 aliphatic rings. The van der Waals surface area contributed by atoms with Crippen LogP contribution in [-0.2, 0) is 0 Å². The molecule has 0 spiro atoms. The second-order valence-corrected chi connectivity index (χ2v) is 6.21. The number of aromatic nitrogens is 2. The van der Waals surface area contributed by atoms with Gasteiger partial charge in [-0.05, 0) is 30.9 Å². The molecular weight excluding hydrogens is 304 g/mol. The summed E-state index contributed by atoms with van der Waals surface area (Å²) in [6.45, 7) is 7.62. The van der Waals surface area contributed by atoms with Crippen molar-refractivity contribution in [3.05, 3.63) is 48.6 Å². The Hall–Kier alpha value is -2.63. The molecule has 126 valence electrons. The van der Waals surface area contributed by atoms with Crippen LogP contribution in [-0.4, -0.2) is 45.7 Å². The van der Waals surface area contributed by atoms with E-state index in [1.165, 1.54) is 0 Å². The summed E-state index contributed by atoms with van der Waals surface area (Å²) >= 11 is 0. The first-order valence-corrected chi connectivity index (χ1v) is 8.27. The predicted octanol–water partition coefficient (Wildman–Crippen LogP) is 2.12. The van der Waals surface area contributed by atoms with Crippen molar-refractivity contribution >= 4 is 17.3 Å². The van der Waals surface area contributed by atoms with E-state index in [0.717, 1.165) is 25.9 Å². The Morgan fingerprint density at radius 2 is 2.12 bits per heavy atom. The average Bonchev–Trinajstić information content (AvgIpc) is 2.99. The van der Waals surface area contributed by atoms with Crippen LogP contribution in [0.15, 0.2) is 37.1 Å². The van der Waals surface area contributed by atoms with Gasteiger partial charge >= 0.3 is 0 Å². The molecule has 0 atom stereocenters. The van der Waals surface area contributed by atoms with Gasteiger partial charge in [-0.2, -0.15) is 0 Å². The van der Waals surface area contributed by atoms with Crippen LogP contribution in [0, 0.1) is 5.92 Å². The van der Waals surface area contributed by atoms with Gasteiger partial charge in [0.25, 0.3) is 11.8 Å². The second kappa shape index (κ2) is 6.86. The fraction of sp³-hybridized carbons (Fsp3) is 0.389. The molecule has 6 heteroatoms. The Morgan fingerprint density at radius 1 is 1.38 bits per heavy atom. The highest BCUT2D eigenvalue weighted by Crippen LogP contribution is 2.20. The number of amides is 2. The van der Waals surface area contributed by atoms with Gasteiger partial charge in [-0.1, -0.05) is 19.1 Å². The number of hydrogen-bond donors (Lipinski definition) is 1. The molecule has 2 amide bonds. The standard InChI is InChI=1S/C18H22N4O2/c1-3-9-19-17(23)15-14-6-4-5-10-22(14)16(20-15)18(24)21-11-7-13(2)8-12-21/h3-6,10,13H,1,7-9,11-12H2,2H3,(H,19,23). The minimum atomic E-state index is -0.301. The molecule has 0 unspecified atom stereocenters. The smallest absolute Gasteiger partial charge is 0.290 e. The first-order chi connectivity index (χ1) is 11.6. The van der Waals surface area contributed by atoms with Crippen LogP contribution in [0.2, 0.25) is 0 Å². The van der Waals surface area contributed by atoms with Crippen molar-refractivity contribution in [3.8, 4) is 0 Å². The highest BCUT2D eigenvalue weighted by Gasteiger charge is 2.27. The number of nitrogens with zero attached hydrogens (tertiary/aromatic N) is 3. The number of carbonyl (C=O) groups excluding carboxylic acids is 2. The maximum atomic E-state index is 12.9. The summed E-state index contributed by atoms with van der Waals surface area (Å²) < 4.78 is 1.70. The van der Waals surface area contributed by atoms with Gasteiger partial charge in [0, 0.05) is 25.8 Å². The zero-order valence-electron chi connectivity index (χ0n) is 13.9. The number of imidazole rings is 1. The van der Waals surface area contributed by atoms with E-state index >= 15 is 0 Å². The molecule has 0 aromatic carbocycles. The Bertz CT molecular complexity index is 772. The largest absolute Gasteiger partial charge is 0.347 e. The molecule has 3 heterocycles. The normalized spacial score (nSPS) is 15.5. The topological polar surface area (TPSA) is 66.7 Å². The van der Waals surface area contributed by atoms with Crippen LogP contribution < -0.4 is 5.32 Å². The maximum Gasteiger partial charge on any atom is 0.290 e. The van der Waals surface area contributed by atoms with Crippen LogP contribution in [0.4, 0.5) is 0 Å². The lowest BCUT2D eigenvalue weighted by atomic mass is 9.99. The van der Waals surface area contributed by atoms with E-state index in [-0.39, 0.29) is 17.5 Å². The van der Waals surface area contributed by atoms with Crippen LogP contribution in [0.3, 0.4) is 0 Å². The second-order valence-electron chi connectivity index (χ2n) is 6.21. The number of pyridine rings is 1. The van der Waals surface area contributed by atoms with Gasteiger partial charge in [0.05, 0.1) is 5.52 Å². The zero-order valence-corrected chi connectivity index (χ0v) is 13.9. The van der Waals surface area contributed by atoms with Crippen LogP contribution in [0.5, 0.6) is 0 Å². The maximum absolute atomic E-state index is 12.9. The van der Waals surface area contributed by atoms with Crippen molar-refractivity contribution in [3.63, 3.8) is 0 Å². The number of hydrogen-bond acceptors (Lipinski definition) is 3. The van der Waals surface area contributed by atoms with E-state index in [1.54, 1.807) is 22.7 Å². The lowest BCUT2D eigenvalue weighted by molar-refractivity contribution is 0.0684. The Kier molecular flexibility index (Phi) is 4.64. The van der Waals surface area contributed by atoms with Gasteiger partial charge in [-0.25, -0.2) is 4.98 Å². The first kappa shape index (κ1) is 16.2. The van der Waals surface area contributed by atoms with Gasteiger partial charge in [0.2, 0.25) is 5.82 Å². The zero-order chi connectivity index (χ0) is 17.1. The van der Waals surface area contributed by atoms with Crippen molar-refractivity contribution in [2.45, 2.75) is 19.8 Å². The van der Waals surface area contributed by atoms with E-state index in [0.29, 0.717) is 23.8 Å². The summed E-state index contributed by atoms with van der Waals surface area (Å²) in [5.41, 5.74) is 0.902. The monoisotopic (exact) mass is 326 g/mol. The molecule has 1 N–H and O–H groups in total. The molecule has 24 heavy (non-hydrogen) atoms. The van der Waals surface area contributed by atoms with Gasteiger partial charge in [-0.15, -0.1) is 6.58 Å². The van der Waals surface area contributed by atoms with Crippen molar-refractivity contribution in [2.24, 2.45) is 5.92 Å².